The predicted octanol–water partition coefficient (Wildman–Crippen LogP) is 5.29. The molecule has 1 unspecified atom stereocenters. The van der Waals surface area contributed by atoms with Crippen LogP contribution in [0.5, 0.6) is 0 Å². The Labute approximate surface area is 161 Å². The van der Waals surface area contributed by atoms with Gasteiger partial charge in [-0.15, -0.1) is 0 Å². The molecule has 146 valence electrons. The minimum Gasteiger partial charge on any atom is -0.431 e. The maximum atomic E-state index is 11.4. The number of fused-ring (bicyclic) bond motifs is 3. The number of hydrogen-bond acceptors (Lipinski definition) is 3. The van der Waals surface area contributed by atoms with Gasteiger partial charge in [-0.2, -0.15) is 0 Å². The molecule has 5 aliphatic rings. The summed E-state index contributed by atoms with van der Waals surface area (Å²) >= 11 is 0. The van der Waals surface area contributed by atoms with Crippen molar-refractivity contribution in [2.75, 3.05) is 0 Å². The van der Waals surface area contributed by atoms with Crippen molar-refractivity contribution in [1.29, 1.82) is 0 Å². The van der Waals surface area contributed by atoms with Gasteiger partial charge in [-0.25, -0.2) is 4.79 Å². The van der Waals surface area contributed by atoms with E-state index in [0.717, 1.165) is 24.2 Å². The molecule has 4 aliphatic carbocycles. The summed E-state index contributed by atoms with van der Waals surface area (Å²) in [5.41, 5.74) is 1.80. The minimum atomic E-state index is -0.245. The van der Waals surface area contributed by atoms with Gasteiger partial charge in [-0.05, 0) is 85.7 Å². The highest BCUT2D eigenvalue weighted by molar-refractivity contribution is 5.35. The standard InChI is InChI=1S/C24H32O3/c1-22-11-4-3-5-16(22)7-8-18-17(22)10-12-23(2)19(13-20-24(18,23)27-20)15-6-9-21(25)26-14-15/h6,9,14,16-20H,3-5,7-8,10-13H2,1-2H3/t16?,17-,18+,19+,20+,22-,23+,24+/m0/s1. The van der Waals surface area contributed by atoms with Gasteiger partial charge in [0.1, 0.15) is 5.60 Å². The largest absolute Gasteiger partial charge is 0.431 e. The fourth-order valence-corrected chi connectivity index (χ4v) is 8.80. The molecule has 0 N–H and O–H groups in total. The average Bonchev–Trinajstić information content (AvgIpc) is 3.32. The molecule has 8 atom stereocenters. The second-order valence-corrected chi connectivity index (χ2v) is 10.8. The van der Waals surface area contributed by atoms with E-state index >= 15 is 0 Å². The SMILES string of the molecule is C[C@]12CCCCC1CC[C@@H]1[C@@H]2CC[C@]2(C)[C@@H](c3ccc(=O)oc3)C[C@H]3O[C@]132. The summed E-state index contributed by atoms with van der Waals surface area (Å²) in [6, 6.07) is 3.60. The van der Waals surface area contributed by atoms with Gasteiger partial charge in [-0.3, -0.25) is 0 Å². The van der Waals surface area contributed by atoms with Gasteiger partial charge in [0.15, 0.2) is 0 Å². The van der Waals surface area contributed by atoms with Crippen molar-refractivity contribution in [3.8, 4) is 0 Å². The Morgan fingerprint density at radius 1 is 1.00 bits per heavy atom. The lowest BCUT2D eigenvalue weighted by molar-refractivity contribution is -0.126. The lowest BCUT2D eigenvalue weighted by Crippen LogP contribution is -2.57. The Balaban J connectivity index is 1.37. The van der Waals surface area contributed by atoms with E-state index in [4.69, 9.17) is 9.15 Å². The Kier molecular flexibility index (Phi) is 3.29. The van der Waals surface area contributed by atoms with Crippen LogP contribution in [0.2, 0.25) is 0 Å². The van der Waals surface area contributed by atoms with E-state index < -0.39 is 0 Å². The molecule has 0 aromatic carbocycles. The Morgan fingerprint density at radius 2 is 1.89 bits per heavy atom. The molecule has 0 radical (unpaired) electrons. The lowest BCUT2D eigenvalue weighted by atomic mass is 9.44. The summed E-state index contributed by atoms with van der Waals surface area (Å²) in [7, 11) is 0. The van der Waals surface area contributed by atoms with Crippen molar-refractivity contribution in [2.24, 2.45) is 28.6 Å². The Bertz CT molecular complexity index is 809. The van der Waals surface area contributed by atoms with Crippen LogP contribution < -0.4 is 5.63 Å². The second-order valence-electron chi connectivity index (χ2n) is 10.8. The fourth-order valence-electron chi connectivity index (χ4n) is 8.80. The molecule has 1 aromatic heterocycles. The van der Waals surface area contributed by atoms with Crippen LogP contribution in [0.3, 0.4) is 0 Å². The van der Waals surface area contributed by atoms with Gasteiger partial charge in [0.05, 0.1) is 12.4 Å². The van der Waals surface area contributed by atoms with Gasteiger partial charge < -0.3 is 9.15 Å². The zero-order valence-corrected chi connectivity index (χ0v) is 16.7. The van der Waals surface area contributed by atoms with E-state index in [9.17, 15) is 4.79 Å². The number of ether oxygens (including phenoxy) is 1. The molecule has 27 heavy (non-hydrogen) atoms. The molecular formula is C24H32O3. The van der Waals surface area contributed by atoms with E-state index in [-0.39, 0.29) is 16.6 Å². The molecule has 0 bridgehead atoms. The molecule has 3 heteroatoms. The molecule has 2 heterocycles. The molecule has 4 saturated carbocycles. The van der Waals surface area contributed by atoms with Crippen LogP contribution in [0.25, 0.3) is 0 Å². The van der Waals surface area contributed by atoms with Gasteiger partial charge in [0.25, 0.3) is 0 Å². The third kappa shape index (κ3) is 1.95. The Hall–Kier alpha value is -1.09. The van der Waals surface area contributed by atoms with Crippen molar-refractivity contribution in [1.82, 2.24) is 0 Å². The maximum absolute atomic E-state index is 11.4. The Morgan fingerprint density at radius 3 is 2.70 bits per heavy atom. The summed E-state index contributed by atoms with van der Waals surface area (Å²) in [6.45, 7) is 5.11. The van der Waals surface area contributed by atoms with E-state index in [2.05, 4.69) is 13.8 Å². The second kappa shape index (κ2) is 5.28. The zero-order chi connectivity index (χ0) is 18.4. The summed E-state index contributed by atoms with van der Waals surface area (Å²) in [5, 5.41) is 0. The van der Waals surface area contributed by atoms with E-state index in [1.807, 2.05) is 6.07 Å². The smallest absolute Gasteiger partial charge is 0.335 e. The van der Waals surface area contributed by atoms with Gasteiger partial charge in [0.2, 0.25) is 0 Å². The quantitative estimate of drug-likeness (QED) is 0.633. The van der Waals surface area contributed by atoms with Crippen LogP contribution in [0, 0.1) is 28.6 Å². The molecular weight excluding hydrogens is 336 g/mol. The van der Waals surface area contributed by atoms with Gasteiger partial charge >= 0.3 is 5.63 Å². The summed E-state index contributed by atoms with van der Waals surface area (Å²) in [4.78, 5) is 11.4. The van der Waals surface area contributed by atoms with E-state index in [0.29, 0.717) is 17.4 Å². The van der Waals surface area contributed by atoms with Crippen LogP contribution in [-0.2, 0) is 4.74 Å². The van der Waals surface area contributed by atoms with Gasteiger partial charge in [0, 0.05) is 11.5 Å². The molecule has 1 saturated heterocycles. The molecule has 3 nitrogen and oxygen atoms in total. The molecule has 1 spiro atoms. The third-order valence-electron chi connectivity index (χ3n) is 10.1. The lowest BCUT2D eigenvalue weighted by Gasteiger charge is -2.60. The van der Waals surface area contributed by atoms with Crippen molar-refractivity contribution in [2.45, 2.75) is 89.3 Å². The predicted molar refractivity (Wildman–Crippen MR) is 104 cm³/mol. The minimum absolute atomic E-state index is 0.0994. The first-order valence-electron chi connectivity index (χ1n) is 11.3. The number of rotatable bonds is 1. The fraction of sp³-hybridized carbons (Fsp3) is 0.792. The number of epoxide rings is 1. The molecule has 1 aliphatic heterocycles. The van der Waals surface area contributed by atoms with Crippen molar-refractivity contribution in [3.05, 3.63) is 34.4 Å². The number of hydrogen-bond donors (Lipinski definition) is 0. The van der Waals surface area contributed by atoms with Crippen LogP contribution in [-0.4, -0.2) is 11.7 Å². The first-order chi connectivity index (χ1) is 13.0. The van der Waals surface area contributed by atoms with Crippen LogP contribution in [0.15, 0.2) is 27.6 Å². The van der Waals surface area contributed by atoms with Gasteiger partial charge in [-0.1, -0.05) is 26.7 Å². The van der Waals surface area contributed by atoms with Crippen LogP contribution in [0.4, 0.5) is 0 Å². The first-order valence-corrected chi connectivity index (χ1v) is 11.3. The third-order valence-corrected chi connectivity index (χ3v) is 10.1. The first kappa shape index (κ1) is 16.8. The highest BCUT2D eigenvalue weighted by atomic mass is 16.6. The summed E-state index contributed by atoms with van der Waals surface area (Å²) in [6.07, 6.45) is 14.4. The topological polar surface area (TPSA) is 42.7 Å². The van der Waals surface area contributed by atoms with Crippen LogP contribution in [0.1, 0.15) is 83.1 Å². The van der Waals surface area contributed by atoms with Crippen LogP contribution >= 0.6 is 0 Å². The molecule has 1 aromatic rings. The molecule has 6 rings (SSSR count). The molecule has 0 amide bonds. The highest BCUT2D eigenvalue weighted by Crippen LogP contribution is 2.77. The highest BCUT2D eigenvalue weighted by Gasteiger charge is 2.80. The average molecular weight is 369 g/mol. The van der Waals surface area contributed by atoms with Crippen molar-refractivity contribution >= 4 is 0 Å². The summed E-state index contributed by atoms with van der Waals surface area (Å²) < 4.78 is 11.9. The maximum Gasteiger partial charge on any atom is 0.335 e. The van der Waals surface area contributed by atoms with Crippen molar-refractivity contribution < 1.29 is 9.15 Å². The molecule has 5 fully saturated rings. The summed E-state index contributed by atoms with van der Waals surface area (Å²) in [5.74, 6) is 3.01. The van der Waals surface area contributed by atoms with Crippen molar-refractivity contribution in [3.63, 3.8) is 0 Å². The normalized spacial score (nSPS) is 53.0. The monoisotopic (exact) mass is 368 g/mol. The van der Waals surface area contributed by atoms with E-state index in [1.54, 1.807) is 12.3 Å². The van der Waals surface area contributed by atoms with E-state index in [1.165, 1.54) is 56.9 Å². The zero-order valence-electron chi connectivity index (χ0n) is 16.7.